The molecule has 1 fully saturated rings. The van der Waals surface area contributed by atoms with Crippen LogP contribution in [0, 0.1) is 0 Å². The molecule has 1 saturated heterocycles. The number of aromatic nitrogens is 2. The molecular formula is C22H21N3O2. The third kappa shape index (κ3) is 3.97. The largest absolute Gasteiger partial charge is 0.343 e. The molecular weight excluding hydrogens is 338 g/mol. The fourth-order valence-electron chi connectivity index (χ4n) is 3.51. The highest BCUT2D eigenvalue weighted by molar-refractivity contribution is 5.92. The van der Waals surface area contributed by atoms with E-state index in [0.717, 1.165) is 36.0 Å². The van der Waals surface area contributed by atoms with Crippen molar-refractivity contribution in [3.63, 3.8) is 0 Å². The van der Waals surface area contributed by atoms with E-state index >= 15 is 0 Å². The number of benzene rings is 2. The van der Waals surface area contributed by atoms with Crippen molar-refractivity contribution in [3.8, 4) is 11.1 Å². The molecule has 3 aromatic rings. The van der Waals surface area contributed by atoms with Gasteiger partial charge in [-0.2, -0.15) is 4.98 Å². The Hall–Kier alpha value is -3.21. The average Bonchev–Trinajstić information content (AvgIpc) is 3.28. The minimum absolute atomic E-state index is 0.0189. The Labute approximate surface area is 158 Å². The van der Waals surface area contributed by atoms with Gasteiger partial charge < -0.3 is 9.42 Å². The van der Waals surface area contributed by atoms with Crippen LogP contribution in [0.3, 0.4) is 0 Å². The predicted octanol–water partition coefficient (Wildman–Crippen LogP) is 4.50. The number of amides is 1. The Balaban J connectivity index is 1.51. The molecule has 1 aliphatic heterocycles. The Morgan fingerprint density at radius 3 is 2.74 bits per heavy atom. The third-order valence-electron chi connectivity index (χ3n) is 4.87. The SMILES string of the molecule is O=C(C=Cc1cccc(-c2ccccc2)c1)N1CCCCC1c1ncon1. The number of hydrogen-bond donors (Lipinski definition) is 0. The second-order valence-corrected chi connectivity index (χ2v) is 6.66. The zero-order chi connectivity index (χ0) is 18.5. The zero-order valence-corrected chi connectivity index (χ0v) is 15.0. The number of likely N-dealkylation sites (tertiary alicyclic amines) is 1. The summed E-state index contributed by atoms with van der Waals surface area (Å²) in [6.45, 7) is 0.715. The molecule has 0 N–H and O–H groups in total. The Morgan fingerprint density at radius 1 is 1.07 bits per heavy atom. The van der Waals surface area contributed by atoms with E-state index in [0.29, 0.717) is 12.4 Å². The molecule has 0 aliphatic carbocycles. The molecule has 1 amide bonds. The summed E-state index contributed by atoms with van der Waals surface area (Å²) in [6, 6.07) is 18.3. The quantitative estimate of drug-likeness (QED) is 0.643. The summed E-state index contributed by atoms with van der Waals surface area (Å²) in [5, 5.41) is 3.93. The van der Waals surface area contributed by atoms with Crippen LogP contribution in [-0.4, -0.2) is 27.5 Å². The van der Waals surface area contributed by atoms with Crippen molar-refractivity contribution in [1.29, 1.82) is 0 Å². The fraction of sp³-hybridized carbons (Fsp3) is 0.227. The van der Waals surface area contributed by atoms with Crippen LogP contribution < -0.4 is 0 Å². The molecule has 27 heavy (non-hydrogen) atoms. The molecule has 1 unspecified atom stereocenters. The number of carbonyl (C=O) groups is 1. The van der Waals surface area contributed by atoms with Gasteiger partial charge in [0.15, 0.2) is 5.82 Å². The molecule has 5 nitrogen and oxygen atoms in total. The number of nitrogens with zero attached hydrogens (tertiary/aromatic N) is 3. The summed E-state index contributed by atoms with van der Waals surface area (Å²) in [7, 11) is 0. The van der Waals surface area contributed by atoms with Gasteiger partial charge in [0.2, 0.25) is 12.3 Å². The fourth-order valence-corrected chi connectivity index (χ4v) is 3.51. The monoisotopic (exact) mass is 359 g/mol. The van der Waals surface area contributed by atoms with Crippen LogP contribution in [0.2, 0.25) is 0 Å². The number of hydrogen-bond acceptors (Lipinski definition) is 4. The van der Waals surface area contributed by atoms with Crippen molar-refractivity contribution in [2.24, 2.45) is 0 Å². The lowest BCUT2D eigenvalue weighted by Gasteiger charge is -2.33. The minimum atomic E-state index is -0.106. The molecule has 4 rings (SSSR count). The molecule has 1 aromatic heterocycles. The van der Waals surface area contributed by atoms with E-state index in [2.05, 4.69) is 34.4 Å². The topological polar surface area (TPSA) is 59.2 Å². The lowest BCUT2D eigenvalue weighted by atomic mass is 10.0. The molecule has 2 heterocycles. The standard InChI is InChI=1S/C22H21N3O2/c26-21(25-14-5-4-11-20(25)22-23-16-27-24-22)13-12-17-7-6-10-19(15-17)18-8-2-1-3-9-18/h1-3,6-10,12-13,15-16,20H,4-5,11,14H2. The normalized spacial score (nSPS) is 17.3. The zero-order valence-electron chi connectivity index (χ0n) is 15.0. The van der Waals surface area contributed by atoms with Crippen molar-refractivity contribution >= 4 is 12.0 Å². The van der Waals surface area contributed by atoms with Crippen LogP contribution >= 0.6 is 0 Å². The van der Waals surface area contributed by atoms with Crippen LogP contribution in [0.15, 0.2) is 71.6 Å². The van der Waals surface area contributed by atoms with E-state index in [9.17, 15) is 4.79 Å². The van der Waals surface area contributed by atoms with Crippen molar-refractivity contribution in [2.45, 2.75) is 25.3 Å². The summed E-state index contributed by atoms with van der Waals surface area (Å²) in [5.41, 5.74) is 3.29. The maximum Gasteiger partial charge on any atom is 0.247 e. The molecule has 2 aromatic carbocycles. The molecule has 0 radical (unpaired) electrons. The molecule has 0 saturated carbocycles. The van der Waals surface area contributed by atoms with Crippen molar-refractivity contribution in [2.75, 3.05) is 6.54 Å². The Bertz CT molecular complexity index is 920. The highest BCUT2D eigenvalue weighted by Gasteiger charge is 2.29. The first kappa shape index (κ1) is 17.2. The first-order valence-electron chi connectivity index (χ1n) is 9.22. The smallest absolute Gasteiger partial charge is 0.247 e. The van der Waals surface area contributed by atoms with Crippen LogP contribution in [-0.2, 0) is 4.79 Å². The first-order chi connectivity index (χ1) is 13.3. The average molecular weight is 359 g/mol. The second kappa shape index (κ2) is 7.99. The van der Waals surface area contributed by atoms with Gasteiger partial charge in [0.05, 0.1) is 6.04 Å². The van der Waals surface area contributed by atoms with E-state index in [-0.39, 0.29) is 11.9 Å². The second-order valence-electron chi connectivity index (χ2n) is 6.66. The summed E-state index contributed by atoms with van der Waals surface area (Å²) < 4.78 is 4.86. The number of carbonyl (C=O) groups excluding carboxylic acids is 1. The molecule has 5 heteroatoms. The molecule has 1 atom stereocenters. The first-order valence-corrected chi connectivity index (χ1v) is 9.22. The van der Waals surface area contributed by atoms with Gasteiger partial charge in [-0.15, -0.1) is 0 Å². The van der Waals surface area contributed by atoms with Crippen LogP contribution in [0.25, 0.3) is 17.2 Å². The Kier molecular flexibility index (Phi) is 5.10. The van der Waals surface area contributed by atoms with Crippen molar-refractivity contribution in [3.05, 3.63) is 78.5 Å². The van der Waals surface area contributed by atoms with Crippen LogP contribution in [0.4, 0.5) is 0 Å². The third-order valence-corrected chi connectivity index (χ3v) is 4.87. The van der Waals surface area contributed by atoms with Gasteiger partial charge in [-0.1, -0.05) is 53.7 Å². The van der Waals surface area contributed by atoms with Gasteiger partial charge in [0.1, 0.15) is 0 Å². The van der Waals surface area contributed by atoms with Crippen molar-refractivity contribution < 1.29 is 9.32 Å². The molecule has 0 spiro atoms. The van der Waals surface area contributed by atoms with Gasteiger partial charge >= 0.3 is 0 Å². The maximum atomic E-state index is 12.8. The van der Waals surface area contributed by atoms with Crippen LogP contribution in [0.1, 0.15) is 36.7 Å². The number of rotatable bonds is 4. The molecule has 1 aliphatic rings. The number of piperidine rings is 1. The van der Waals surface area contributed by atoms with E-state index in [4.69, 9.17) is 4.52 Å². The summed E-state index contributed by atoms with van der Waals surface area (Å²) in [6.07, 6.45) is 7.75. The maximum absolute atomic E-state index is 12.8. The van der Waals surface area contributed by atoms with E-state index < -0.39 is 0 Å². The summed E-state index contributed by atoms with van der Waals surface area (Å²) >= 11 is 0. The van der Waals surface area contributed by atoms with E-state index in [1.165, 1.54) is 6.39 Å². The van der Waals surface area contributed by atoms with Gasteiger partial charge in [0, 0.05) is 12.6 Å². The van der Waals surface area contributed by atoms with Gasteiger partial charge in [0.25, 0.3) is 0 Å². The predicted molar refractivity (Wildman–Crippen MR) is 104 cm³/mol. The van der Waals surface area contributed by atoms with Gasteiger partial charge in [-0.05, 0) is 48.1 Å². The van der Waals surface area contributed by atoms with Gasteiger partial charge in [-0.25, -0.2) is 0 Å². The highest BCUT2D eigenvalue weighted by Crippen LogP contribution is 2.29. The molecule has 0 bridgehead atoms. The van der Waals surface area contributed by atoms with Crippen LogP contribution in [0.5, 0.6) is 0 Å². The lowest BCUT2D eigenvalue weighted by Crippen LogP contribution is -2.38. The van der Waals surface area contributed by atoms with Gasteiger partial charge in [-0.3, -0.25) is 4.79 Å². The highest BCUT2D eigenvalue weighted by atomic mass is 16.5. The lowest BCUT2D eigenvalue weighted by molar-refractivity contribution is -0.129. The van der Waals surface area contributed by atoms with Crippen molar-refractivity contribution in [1.82, 2.24) is 15.0 Å². The Morgan fingerprint density at radius 2 is 1.93 bits per heavy atom. The summed E-state index contributed by atoms with van der Waals surface area (Å²) in [4.78, 5) is 18.8. The molecule has 136 valence electrons. The minimum Gasteiger partial charge on any atom is -0.343 e. The summed E-state index contributed by atoms with van der Waals surface area (Å²) in [5.74, 6) is 0.567. The van der Waals surface area contributed by atoms with E-state index in [1.54, 1.807) is 6.08 Å². The van der Waals surface area contributed by atoms with E-state index in [1.807, 2.05) is 41.3 Å².